The summed E-state index contributed by atoms with van der Waals surface area (Å²) < 4.78 is 35.7. The fourth-order valence-corrected chi connectivity index (χ4v) is 4.76. The van der Waals surface area contributed by atoms with Crippen molar-refractivity contribution in [3.05, 3.63) is 59.5 Å². The van der Waals surface area contributed by atoms with Gasteiger partial charge in [0.05, 0.1) is 17.3 Å². The highest BCUT2D eigenvalue weighted by atomic mass is 32.2. The van der Waals surface area contributed by atoms with E-state index < -0.39 is 15.1 Å². The van der Waals surface area contributed by atoms with Gasteiger partial charge in [0, 0.05) is 16.3 Å². The van der Waals surface area contributed by atoms with E-state index in [0.29, 0.717) is 33.5 Å². The Labute approximate surface area is 183 Å². The van der Waals surface area contributed by atoms with Gasteiger partial charge in [-0.05, 0) is 50.2 Å². The topological polar surface area (TPSA) is 98.5 Å². The summed E-state index contributed by atoms with van der Waals surface area (Å²) in [7, 11) is -1.80. The Morgan fingerprint density at radius 2 is 1.90 bits per heavy atom. The van der Waals surface area contributed by atoms with Gasteiger partial charge in [0.2, 0.25) is 0 Å². The van der Waals surface area contributed by atoms with Crippen LogP contribution >= 0.6 is 11.3 Å². The predicted molar refractivity (Wildman–Crippen MR) is 121 cm³/mol. The maximum absolute atomic E-state index is 12.5. The number of nitrogens with zero attached hydrogens (tertiary/aromatic N) is 1. The molecule has 0 aliphatic rings. The zero-order valence-electron chi connectivity index (χ0n) is 17.1. The summed E-state index contributed by atoms with van der Waals surface area (Å²) in [6.45, 7) is 3.24. The van der Waals surface area contributed by atoms with Gasteiger partial charge in [-0.2, -0.15) is 0 Å². The minimum Gasteiger partial charge on any atom is -0.493 e. The summed E-state index contributed by atoms with van der Waals surface area (Å²) in [4.78, 5) is 17.2. The van der Waals surface area contributed by atoms with Crippen molar-refractivity contribution in [2.75, 3.05) is 12.4 Å². The molecular formula is C22H20N2O5S2. The number of aromatic nitrogens is 1. The third-order valence-corrected chi connectivity index (χ3v) is 7.70. The molecule has 1 amide bonds. The van der Waals surface area contributed by atoms with Gasteiger partial charge in [0.1, 0.15) is 5.69 Å². The van der Waals surface area contributed by atoms with Gasteiger partial charge in [-0.3, -0.25) is 10.1 Å². The minimum absolute atomic E-state index is 0.191. The zero-order chi connectivity index (χ0) is 22.2. The van der Waals surface area contributed by atoms with Crippen molar-refractivity contribution in [3.63, 3.8) is 0 Å². The molecular weight excluding hydrogens is 436 g/mol. The number of sulfone groups is 1. The summed E-state index contributed by atoms with van der Waals surface area (Å²) in [6.07, 6.45) is 0. The molecule has 0 aliphatic carbocycles. The van der Waals surface area contributed by atoms with Crippen LogP contribution in [0.2, 0.25) is 0 Å². The number of fused-ring (bicyclic) bond motifs is 1. The number of furan rings is 1. The lowest BCUT2D eigenvalue weighted by atomic mass is 10.2. The molecule has 0 atom stereocenters. The standard InChI is InChI=1S/C22H20N2O5S2/c1-13(2)31(26,27)16-9-7-14(8-10-16)21(25)24-22-23-17(12-30-22)19-11-15-5-4-6-18(28-3)20(15)29-19/h4-13H,1-3H3,(H,23,24,25). The molecule has 160 valence electrons. The van der Waals surface area contributed by atoms with Crippen LogP contribution in [0.3, 0.4) is 0 Å². The number of methoxy groups -OCH3 is 1. The number of hydrogen-bond donors (Lipinski definition) is 1. The van der Waals surface area contributed by atoms with Crippen molar-refractivity contribution in [2.24, 2.45) is 0 Å². The van der Waals surface area contributed by atoms with Crippen LogP contribution in [0, 0.1) is 0 Å². The molecule has 2 aromatic heterocycles. The minimum atomic E-state index is -3.38. The number of carbonyl (C=O) groups is 1. The fraction of sp³-hybridized carbons (Fsp3) is 0.182. The van der Waals surface area contributed by atoms with Crippen LogP contribution in [-0.2, 0) is 9.84 Å². The zero-order valence-corrected chi connectivity index (χ0v) is 18.7. The Morgan fingerprint density at radius 3 is 2.58 bits per heavy atom. The second-order valence-electron chi connectivity index (χ2n) is 7.10. The summed E-state index contributed by atoms with van der Waals surface area (Å²) in [5, 5.41) is 5.30. The van der Waals surface area contributed by atoms with Gasteiger partial charge in [-0.25, -0.2) is 13.4 Å². The molecule has 9 heteroatoms. The molecule has 0 fully saturated rings. The summed E-state index contributed by atoms with van der Waals surface area (Å²) in [5.41, 5.74) is 1.57. The van der Waals surface area contributed by atoms with E-state index in [0.717, 1.165) is 5.39 Å². The number of thiazole rings is 1. The Kier molecular flexibility index (Phi) is 5.55. The Hall–Kier alpha value is -3.17. The molecule has 0 saturated carbocycles. The second-order valence-corrected chi connectivity index (χ2v) is 10.5. The van der Waals surface area contributed by atoms with Crippen molar-refractivity contribution in [3.8, 4) is 17.2 Å². The molecule has 2 aromatic carbocycles. The number of nitrogens with one attached hydrogen (secondary N) is 1. The maximum Gasteiger partial charge on any atom is 0.257 e. The van der Waals surface area contributed by atoms with E-state index in [2.05, 4.69) is 10.3 Å². The molecule has 4 rings (SSSR count). The first-order chi connectivity index (χ1) is 14.8. The number of amides is 1. The molecule has 0 spiro atoms. The molecule has 2 heterocycles. The quantitative estimate of drug-likeness (QED) is 0.438. The average molecular weight is 457 g/mol. The summed E-state index contributed by atoms with van der Waals surface area (Å²) in [6, 6.07) is 13.4. The first kappa shape index (κ1) is 21.1. The van der Waals surface area contributed by atoms with Gasteiger partial charge in [0.15, 0.2) is 32.1 Å². The molecule has 0 aliphatic heterocycles. The number of benzene rings is 2. The normalized spacial score (nSPS) is 11.7. The van der Waals surface area contributed by atoms with Crippen LogP contribution in [-0.4, -0.2) is 31.7 Å². The van der Waals surface area contributed by atoms with Crippen LogP contribution in [0.25, 0.3) is 22.4 Å². The van der Waals surface area contributed by atoms with E-state index in [1.54, 1.807) is 26.3 Å². The Morgan fingerprint density at radius 1 is 1.16 bits per heavy atom. The predicted octanol–water partition coefficient (Wildman–Crippen LogP) is 5.00. The van der Waals surface area contributed by atoms with Crippen molar-refractivity contribution < 1.29 is 22.4 Å². The monoisotopic (exact) mass is 456 g/mol. The Balaban J connectivity index is 1.52. The number of anilines is 1. The van der Waals surface area contributed by atoms with Gasteiger partial charge in [-0.15, -0.1) is 11.3 Å². The molecule has 0 saturated heterocycles. The molecule has 1 N–H and O–H groups in total. The molecule has 0 bridgehead atoms. The number of ether oxygens (including phenoxy) is 1. The third kappa shape index (κ3) is 4.06. The van der Waals surface area contributed by atoms with Crippen molar-refractivity contribution >= 4 is 43.2 Å². The first-order valence-electron chi connectivity index (χ1n) is 9.47. The van der Waals surface area contributed by atoms with Crippen molar-refractivity contribution in [2.45, 2.75) is 24.0 Å². The lowest BCUT2D eigenvalue weighted by molar-refractivity contribution is 0.102. The SMILES string of the molecule is COc1cccc2cc(-c3csc(NC(=O)c4ccc(S(=O)(=O)C(C)C)cc4)n3)oc12. The molecule has 7 nitrogen and oxygen atoms in total. The van der Waals surface area contributed by atoms with Crippen LogP contribution in [0.5, 0.6) is 5.75 Å². The van der Waals surface area contributed by atoms with Crippen LogP contribution in [0.15, 0.2) is 63.2 Å². The smallest absolute Gasteiger partial charge is 0.257 e. The number of hydrogen-bond acceptors (Lipinski definition) is 7. The average Bonchev–Trinajstić information content (AvgIpc) is 3.40. The highest BCUT2D eigenvalue weighted by Crippen LogP contribution is 2.34. The van der Waals surface area contributed by atoms with Gasteiger partial charge in [0.25, 0.3) is 5.91 Å². The van der Waals surface area contributed by atoms with Crippen LogP contribution in [0.1, 0.15) is 24.2 Å². The van der Waals surface area contributed by atoms with E-state index >= 15 is 0 Å². The van der Waals surface area contributed by atoms with E-state index in [4.69, 9.17) is 9.15 Å². The third-order valence-electron chi connectivity index (χ3n) is 4.77. The number of carbonyl (C=O) groups excluding carboxylic acids is 1. The van der Waals surface area contributed by atoms with Gasteiger partial charge in [-0.1, -0.05) is 12.1 Å². The lowest BCUT2D eigenvalue weighted by Crippen LogP contribution is -2.15. The highest BCUT2D eigenvalue weighted by Gasteiger charge is 2.20. The van der Waals surface area contributed by atoms with E-state index in [1.807, 2.05) is 24.3 Å². The van der Waals surface area contributed by atoms with Gasteiger partial charge >= 0.3 is 0 Å². The van der Waals surface area contributed by atoms with Crippen molar-refractivity contribution in [1.82, 2.24) is 4.98 Å². The maximum atomic E-state index is 12.5. The molecule has 0 unspecified atom stereocenters. The fourth-order valence-electron chi connectivity index (χ4n) is 3.01. The summed E-state index contributed by atoms with van der Waals surface area (Å²) in [5.74, 6) is 0.829. The largest absolute Gasteiger partial charge is 0.493 e. The summed E-state index contributed by atoms with van der Waals surface area (Å²) >= 11 is 1.27. The highest BCUT2D eigenvalue weighted by molar-refractivity contribution is 7.92. The molecule has 4 aromatic rings. The number of para-hydroxylation sites is 1. The Bertz CT molecular complexity index is 1350. The second kappa shape index (κ2) is 8.16. The molecule has 0 radical (unpaired) electrons. The molecule has 31 heavy (non-hydrogen) atoms. The van der Waals surface area contributed by atoms with Crippen LogP contribution in [0.4, 0.5) is 5.13 Å². The van der Waals surface area contributed by atoms with E-state index in [-0.39, 0.29) is 10.8 Å². The van der Waals surface area contributed by atoms with Crippen LogP contribution < -0.4 is 10.1 Å². The van der Waals surface area contributed by atoms with E-state index in [1.165, 1.54) is 35.6 Å². The van der Waals surface area contributed by atoms with Crippen molar-refractivity contribution in [1.29, 1.82) is 0 Å². The number of rotatable bonds is 6. The first-order valence-corrected chi connectivity index (χ1v) is 11.9. The van der Waals surface area contributed by atoms with Gasteiger partial charge < -0.3 is 9.15 Å². The lowest BCUT2D eigenvalue weighted by Gasteiger charge is -2.08. The van der Waals surface area contributed by atoms with E-state index in [9.17, 15) is 13.2 Å².